The number of aromatic nitrogens is 2. The van der Waals surface area contributed by atoms with Gasteiger partial charge in [0, 0.05) is 23.7 Å². The number of nitrogens with one attached hydrogen (secondary N) is 1. The molecule has 198 valence electrons. The van der Waals surface area contributed by atoms with E-state index in [1.165, 1.54) is 6.20 Å². The van der Waals surface area contributed by atoms with E-state index in [2.05, 4.69) is 10.4 Å². The van der Waals surface area contributed by atoms with Crippen LogP contribution in [0.1, 0.15) is 56.2 Å². The summed E-state index contributed by atoms with van der Waals surface area (Å²) in [6, 6.07) is 1.29. The molecule has 3 heterocycles. The smallest absolute Gasteiger partial charge is 0.407 e. The van der Waals surface area contributed by atoms with Gasteiger partial charge < -0.3 is 19.9 Å². The Morgan fingerprint density at radius 3 is 2.67 bits per heavy atom. The maximum absolute atomic E-state index is 14.6. The van der Waals surface area contributed by atoms with E-state index in [4.69, 9.17) is 9.47 Å². The third kappa shape index (κ3) is 5.38. The molecule has 1 saturated heterocycles. The Labute approximate surface area is 208 Å². The molecule has 1 aromatic carbocycles. The first kappa shape index (κ1) is 26.5. The van der Waals surface area contributed by atoms with Crippen LogP contribution < -0.4 is 5.32 Å². The van der Waals surface area contributed by atoms with Gasteiger partial charge in [-0.25, -0.2) is 22.0 Å². The third-order valence-corrected chi connectivity index (χ3v) is 7.18. The molecule has 0 bridgehead atoms. The standard InChI is InChI=1S/C23H30F2N4O6S/c1-23(2,3)35-22(31)27-18-8-14(12-34-21(18)15-7-13(24)5-6-17(15)25)28-10-19-16(20(28)11-30)9-26-29(19)36(4,32)33/h5-7,9,14,18,20-21,30H,8,10-12H2,1-4H3,(H,27,31)/t14-,18+,20-,21-/m1/s1. The lowest BCUT2D eigenvalue weighted by Crippen LogP contribution is -2.52. The summed E-state index contributed by atoms with van der Waals surface area (Å²) in [5.74, 6) is -1.32. The molecule has 2 N–H and O–H groups in total. The number of fused-ring (bicyclic) bond motifs is 1. The van der Waals surface area contributed by atoms with Crippen LogP contribution in [0, 0.1) is 11.6 Å². The van der Waals surface area contributed by atoms with Crippen molar-refractivity contribution in [3.63, 3.8) is 0 Å². The van der Waals surface area contributed by atoms with Crippen molar-refractivity contribution in [1.29, 1.82) is 0 Å². The van der Waals surface area contributed by atoms with Gasteiger partial charge in [0.05, 0.1) is 43.4 Å². The molecule has 13 heteroatoms. The fraction of sp³-hybridized carbons (Fsp3) is 0.565. The van der Waals surface area contributed by atoms with Gasteiger partial charge in [-0.05, 0) is 45.4 Å². The first-order valence-corrected chi connectivity index (χ1v) is 13.3. The molecule has 4 atom stereocenters. The molecule has 2 aliphatic rings. The van der Waals surface area contributed by atoms with E-state index in [0.717, 1.165) is 28.5 Å². The summed E-state index contributed by atoms with van der Waals surface area (Å²) in [5, 5.41) is 16.8. The topological polar surface area (TPSA) is 123 Å². The second-order valence-corrected chi connectivity index (χ2v) is 11.9. The first-order chi connectivity index (χ1) is 16.8. The lowest BCUT2D eigenvalue weighted by atomic mass is 9.92. The maximum atomic E-state index is 14.6. The van der Waals surface area contributed by atoms with E-state index in [1.54, 1.807) is 20.8 Å². The van der Waals surface area contributed by atoms with Gasteiger partial charge in [0.2, 0.25) is 0 Å². The van der Waals surface area contributed by atoms with Gasteiger partial charge in [-0.1, -0.05) is 0 Å². The average Bonchev–Trinajstić information content (AvgIpc) is 3.33. The number of alkyl carbamates (subject to hydrolysis) is 1. The molecule has 1 aromatic heterocycles. The number of ether oxygens (including phenoxy) is 2. The lowest BCUT2D eigenvalue weighted by Gasteiger charge is -2.42. The zero-order valence-corrected chi connectivity index (χ0v) is 21.3. The van der Waals surface area contributed by atoms with Crippen molar-refractivity contribution < 1.29 is 36.6 Å². The van der Waals surface area contributed by atoms with Crippen LogP contribution in [0.15, 0.2) is 24.4 Å². The Bertz CT molecular complexity index is 1250. The molecule has 0 aliphatic carbocycles. The molecule has 36 heavy (non-hydrogen) atoms. The minimum Gasteiger partial charge on any atom is -0.444 e. The van der Waals surface area contributed by atoms with Gasteiger partial charge in [-0.3, -0.25) is 4.90 Å². The Kier molecular flexibility index (Phi) is 7.12. The summed E-state index contributed by atoms with van der Waals surface area (Å²) < 4.78 is 65.2. The van der Waals surface area contributed by atoms with Crippen molar-refractivity contribution in [2.45, 2.75) is 63.6 Å². The van der Waals surface area contributed by atoms with Crippen molar-refractivity contribution in [2.75, 3.05) is 19.5 Å². The number of hydrogen-bond acceptors (Lipinski definition) is 8. The fourth-order valence-corrected chi connectivity index (χ4v) is 5.60. The van der Waals surface area contributed by atoms with Gasteiger partial charge in [-0.15, -0.1) is 0 Å². The van der Waals surface area contributed by atoms with E-state index in [9.17, 15) is 27.1 Å². The minimum absolute atomic E-state index is 0.0364. The van der Waals surface area contributed by atoms with Crippen LogP contribution in [0.4, 0.5) is 13.6 Å². The number of amides is 1. The Morgan fingerprint density at radius 1 is 1.31 bits per heavy atom. The predicted molar refractivity (Wildman–Crippen MR) is 124 cm³/mol. The average molecular weight is 529 g/mol. The molecule has 0 unspecified atom stereocenters. The van der Waals surface area contributed by atoms with E-state index in [1.807, 2.05) is 4.90 Å². The highest BCUT2D eigenvalue weighted by Gasteiger charge is 2.44. The van der Waals surface area contributed by atoms with Crippen molar-refractivity contribution in [3.8, 4) is 0 Å². The number of halogens is 2. The molecule has 0 spiro atoms. The van der Waals surface area contributed by atoms with Crippen molar-refractivity contribution >= 4 is 16.1 Å². The fourth-order valence-electron chi connectivity index (χ4n) is 4.81. The second-order valence-electron chi connectivity index (χ2n) is 10.1. The van der Waals surface area contributed by atoms with Gasteiger partial charge in [0.25, 0.3) is 10.0 Å². The number of aliphatic hydroxyl groups excluding tert-OH is 1. The first-order valence-electron chi connectivity index (χ1n) is 11.5. The van der Waals surface area contributed by atoms with Gasteiger partial charge in [0.1, 0.15) is 23.3 Å². The van der Waals surface area contributed by atoms with Crippen LogP contribution in [0.5, 0.6) is 0 Å². The molecule has 1 fully saturated rings. The molecular formula is C23H30F2N4O6S. The Morgan fingerprint density at radius 2 is 2.03 bits per heavy atom. The Hall–Kier alpha value is -2.61. The number of carbonyl (C=O) groups is 1. The SMILES string of the molecule is CC(C)(C)OC(=O)N[C@H]1C[C@@H](N2Cc3c(cnn3S(C)(=O)=O)[C@H]2CO)CO[C@@H]1c1cc(F)ccc1F. The summed E-state index contributed by atoms with van der Waals surface area (Å²) in [6.45, 7) is 5.05. The summed E-state index contributed by atoms with van der Waals surface area (Å²) in [4.78, 5) is 14.5. The van der Waals surface area contributed by atoms with Crippen molar-refractivity contribution in [2.24, 2.45) is 0 Å². The van der Waals surface area contributed by atoms with E-state index < -0.39 is 57.6 Å². The van der Waals surface area contributed by atoms with Gasteiger partial charge in [0.15, 0.2) is 0 Å². The van der Waals surface area contributed by atoms with Crippen LogP contribution in [-0.4, -0.2) is 70.9 Å². The summed E-state index contributed by atoms with van der Waals surface area (Å²) in [5.41, 5.74) is 0.198. The molecule has 10 nitrogen and oxygen atoms in total. The molecule has 0 saturated carbocycles. The van der Waals surface area contributed by atoms with Crippen LogP contribution in [0.25, 0.3) is 0 Å². The normalized spacial score (nSPS) is 25.0. The lowest BCUT2D eigenvalue weighted by molar-refractivity contribution is -0.0736. The van der Waals surface area contributed by atoms with Gasteiger partial charge >= 0.3 is 6.09 Å². The van der Waals surface area contributed by atoms with Crippen molar-refractivity contribution in [3.05, 3.63) is 52.9 Å². The minimum atomic E-state index is -3.65. The van der Waals surface area contributed by atoms with Crippen LogP contribution in [-0.2, 0) is 26.0 Å². The van der Waals surface area contributed by atoms with Gasteiger partial charge in [-0.2, -0.15) is 9.19 Å². The predicted octanol–water partition coefficient (Wildman–Crippen LogP) is 2.24. The zero-order valence-electron chi connectivity index (χ0n) is 20.4. The van der Waals surface area contributed by atoms with E-state index >= 15 is 0 Å². The number of aliphatic hydroxyl groups is 1. The number of benzene rings is 1. The second kappa shape index (κ2) is 9.69. The highest BCUT2D eigenvalue weighted by atomic mass is 32.2. The number of rotatable bonds is 5. The maximum Gasteiger partial charge on any atom is 0.407 e. The monoisotopic (exact) mass is 528 g/mol. The molecule has 0 radical (unpaired) electrons. The Balaban J connectivity index is 1.62. The highest BCUT2D eigenvalue weighted by Crippen LogP contribution is 2.40. The molecular weight excluding hydrogens is 498 g/mol. The van der Waals surface area contributed by atoms with Crippen molar-refractivity contribution in [1.82, 2.24) is 19.4 Å². The third-order valence-electron chi connectivity index (χ3n) is 6.24. The number of hydrogen-bond donors (Lipinski definition) is 2. The van der Waals surface area contributed by atoms with E-state index in [-0.39, 0.29) is 31.7 Å². The molecule has 2 aromatic rings. The van der Waals surface area contributed by atoms with Crippen LogP contribution in [0.2, 0.25) is 0 Å². The van der Waals surface area contributed by atoms with Crippen LogP contribution >= 0.6 is 0 Å². The quantitative estimate of drug-likeness (QED) is 0.606. The number of carbonyl (C=O) groups excluding carboxylic acids is 1. The summed E-state index contributed by atoms with van der Waals surface area (Å²) in [7, 11) is -3.65. The zero-order chi connectivity index (χ0) is 26.4. The molecule has 4 rings (SSSR count). The molecule has 1 amide bonds. The summed E-state index contributed by atoms with van der Waals surface area (Å²) >= 11 is 0. The highest BCUT2D eigenvalue weighted by molar-refractivity contribution is 7.89. The molecule has 2 aliphatic heterocycles. The number of nitrogens with zero attached hydrogens (tertiary/aromatic N) is 3. The largest absolute Gasteiger partial charge is 0.444 e. The van der Waals surface area contributed by atoms with E-state index in [0.29, 0.717) is 11.3 Å². The summed E-state index contributed by atoms with van der Waals surface area (Å²) in [6.07, 6.45) is 0.970. The van der Waals surface area contributed by atoms with Crippen LogP contribution in [0.3, 0.4) is 0 Å².